The summed E-state index contributed by atoms with van der Waals surface area (Å²) in [6.07, 6.45) is 0. The Hall–Kier alpha value is -3.14. The van der Waals surface area contributed by atoms with E-state index in [0.717, 1.165) is 22.0 Å². The molecule has 1 aliphatic rings. The number of rotatable bonds is 4. The van der Waals surface area contributed by atoms with Crippen molar-refractivity contribution in [3.8, 4) is 0 Å². The number of carbonyl (C=O) groups is 2. The van der Waals surface area contributed by atoms with Crippen LogP contribution in [0.15, 0.2) is 60.7 Å². The second-order valence-corrected chi connectivity index (χ2v) is 6.77. The van der Waals surface area contributed by atoms with Crippen LogP contribution in [-0.2, 0) is 4.79 Å². The van der Waals surface area contributed by atoms with Gasteiger partial charge in [0.15, 0.2) is 0 Å². The van der Waals surface area contributed by atoms with Crippen LogP contribution in [0.1, 0.15) is 34.5 Å². The smallest absolute Gasteiger partial charge is 0.259 e. The molecule has 4 heteroatoms. The Morgan fingerprint density at radius 3 is 2.46 bits per heavy atom. The van der Waals surface area contributed by atoms with Crippen molar-refractivity contribution in [3.63, 3.8) is 0 Å². The second-order valence-electron chi connectivity index (χ2n) is 6.77. The van der Waals surface area contributed by atoms with Crippen molar-refractivity contribution >= 4 is 28.3 Å². The maximum absolute atomic E-state index is 12.8. The van der Waals surface area contributed by atoms with E-state index in [1.165, 1.54) is 5.56 Å². The lowest BCUT2D eigenvalue weighted by Crippen LogP contribution is -2.39. The van der Waals surface area contributed by atoms with E-state index in [2.05, 4.69) is 5.32 Å². The van der Waals surface area contributed by atoms with Crippen LogP contribution in [0.5, 0.6) is 0 Å². The number of carbonyl (C=O) groups excluding carboxylic acids is 2. The number of hydrogen-bond acceptors (Lipinski definition) is 2. The van der Waals surface area contributed by atoms with Crippen LogP contribution in [0.4, 0.5) is 5.69 Å². The molecule has 1 aliphatic heterocycles. The van der Waals surface area contributed by atoms with Crippen LogP contribution in [0.25, 0.3) is 10.8 Å². The third-order valence-corrected chi connectivity index (χ3v) is 4.91. The summed E-state index contributed by atoms with van der Waals surface area (Å²) in [5.41, 5.74) is 3.70. The van der Waals surface area contributed by atoms with E-state index in [0.29, 0.717) is 5.56 Å². The van der Waals surface area contributed by atoms with Gasteiger partial charge in [-0.15, -0.1) is 0 Å². The quantitative estimate of drug-likeness (QED) is 0.778. The predicted molar refractivity (Wildman–Crippen MR) is 103 cm³/mol. The fourth-order valence-electron chi connectivity index (χ4n) is 3.51. The summed E-state index contributed by atoms with van der Waals surface area (Å²) in [4.78, 5) is 26.9. The number of nitrogens with zero attached hydrogens (tertiary/aromatic N) is 1. The summed E-state index contributed by atoms with van der Waals surface area (Å²) in [5.74, 6) is -0.286. The van der Waals surface area contributed by atoms with E-state index in [4.69, 9.17) is 0 Å². The maximum atomic E-state index is 12.8. The Bertz CT molecular complexity index is 1000. The van der Waals surface area contributed by atoms with Gasteiger partial charge in [-0.2, -0.15) is 0 Å². The first kappa shape index (κ1) is 16.3. The molecular weight excluding hydrogens is 324 g/mol. The monoisotopic (exact) mass is 344 g/mol. The van der Waals surface area contributed by atoms with Gasteiger partial charge in [0, 0.05) is 10.9 Å². The molecule has 0 saturated carbocycles. The summed E-state index contributed by atoms with van der Waals surface area (Å²) in [6, 6.07) is 19.4. The molecule has 1 atom stereocenters. The van der Waals surface area contributed by atoms with Gasteiger partial charge in [-0.25, -0.2) is 0 Å². The molecule has 1 heterocycles. The van der Waals surface area contributed by atoms with E-state index in [1.807, 2.05) is 74.5 Å². The molecule has 1 N–H and O–H groups in total. The zero-order valence-electron chi connectivity index (χ0n) is 14.8. The van der Waals surface area contributed by atoms with Gasteiger partial charge in [-0.3, -0.25) is 14.5 Å². The molecule has 0 radical (unpaired) electrons. The normalized spacial score (nSPS) is 13.9. The lowest BCUT2D eigenvalue weighted by molar-refractivity contribution is -0.120. The van der Waals surface area contributed by atoms with Crippen LogP contribution < -0.4 is 10.2 Å². The first-order valence-electron chi connectivity index (χ1n) is 8.74. The van der Waals surface area contributed by atoms with Crippen LogP contribution in [0.3, 0.4) is 0 Å². The first-order valence-corrected chi connectivity index (χ1v) is 8.74. The number of benzene rings is 3. The van der Waals surface area contributed by atoms with Crippen molar-refractivity contribution in [1.29, 1.82) is 0 Å². The summed E-state index contributed by atoms with van der Waals surface area (Å²) in [6.45, 7) is 4.00. The van der Waals surface area contributed by atoms with Crippen LogP contribution >= 0.6 is 0 Å². The summed E-state index contributed by atoms with van der Waals surface area (Å²) >= 11 is 0. The summed E-state index contributed by atoms with van der Waals surface area (Å²) in [7, 11) is 0. The van der Waals surface area contributed by atoms with Crippen molar-refractivity contribution in [3.05, 3.63) is 77.4 Å². The number of hydrogen-bond donors (Lipinski definition) is 1. The minimum atomic E-state index is -0.170. The minimum absolute atomic E-state index is 0.0167. The summed E-state index contributed by atoms with van der Waals surface area (Å²) in [5, 5.41) is 4.94. The first-order chi connectivity index (χ1) is 12.5. The Morgan fingerprint density at radius 2 is 1.73 bits per heavy atom. The van der Waals surface area contributed by atoms with Gasteiger partial charge in [0.25, 0.3) is 5.91 Å². The fourth-order valence-corrected chi connectivity index (χ4v) is 3.51. The Kier molecular flexibility index (Phi) is 3.96. The van der Waals surface area contributed by atoms with Gasteiger partial charge in [-0.05, 0) is 36.9 Å². The fraction of sp³-hybridized carbons (Fsp3) is 0.182. The molecule has 2 amide bonds. The molecule has 4 nitrogen and oxygen atoms in total. The van der Waals surface area contributed by atoms with Gasteiger partial charge in [0.05, 0.1) is 11.7 Å². The van der Waals surface area contributed by atoms with Gasteiger partial charge in [0.1, 0.15) is 6.54 Å². The molecule has 0 saturated heterocycles. The standard InChI is InChI=1S/C22H20N2O2/c1-14-9-11-16(12-10-14)15(2)23-20(25)13-24-19-8-4-6-17-5-3-7-18(21(17)19)22(24)26/h3-12,15H,13H2,1-2H3,(H,23,25)/t15-/m0/s1. The lowest BCUT2D eigenvalue weighted by Gasteiger charge is -2.20. The highest BCUT2D eigenvalue weighted by Crippen LogP contribution is 2.36. The molecule has 0 aliphatic carbocycles. The molecule has 3 aromatic carbocycles. The molecule has 0 fully saturated rings. The third-order valence-electron chi connectivity index (χ3n) is 4.91. The minimum Gasteiger partial charge on any atom is -0.348 e. The lowest BCUT2D eigenvalue weighted by atomic mass is 10.1. The molecule has 3 aromatic rings. The van der Waals surface area contributed by atoms with Gasteiger partial charge >= 0.3 is 0 Å². The molecule has 4 rings (SSSR count). The van der Waals surface area contributed by atoms with Crippen molar-refractivity contribution in [1.82, 2.24) is 5.32 Å². The molecule has 0 unspecified atom stereocenters. The van der Waals surface area contributed by atoms with E-state index >= 15 is 0 Å². The second kappa shape index (κ2) is 6.30. The Morgan fingerprint density at radius 1 is 1.04 bits per heavy atom. The Labute approximate surface area is 152 Å². The average Bonchev–Trinajstić information content (AvgIpc) is 2.90. The van der Waals surface area contributed by atoms with Crippen LogP contribution in [-0.4, -0.2) is 18.4 Å². The third kappa shape index (κ3) is 2.73. The zero-order chi connectivity index (χ0) is 18.3. The summed E-state index contributed by atoms with van der Waals surface area (Å²) < 4.78 is 0. The van der Waals surface area contributed by atoms with Crippen molar-refractivity contribution < 1.29 is 9.59 Å². The van der Waals surface area contributed by atoms with E-state index < -0.39 is 0 Å². The van der Waals surface area contributed by atoms with Crippen molar-refractivity contribution in [2.24, 2.45) is 0 Å². The molecular formula is C22H20N2O2. The molecule has 0 spiro atoms. The van der Waals surface area contributed by atoms with E-state index in [-0.39, 0.29) is 24.4 Å². The highest BCUT2D eigenvalue weighted by molar-refractivity contribution is 6.26. The van der Waals surface area contributed by atoms with Gasteiger partial charge in [0.2, 0.25) is 5.91 Å². The van der Waals surface area contributed by atoms with Crippen LogP contribution in [0, 0.1) is 6.92 Å². The van der Waals surface area contributed by atoms with Gasteiger partial charge < -0.3 is 5.32 Å². The molecule has 26 heavy (non-hydrogen) atoms. The van der Waals surface area contributed by atoms with E-state index in [1.54, 1.807) is 4.90 Å². The maximum Gasteiger partial charge on any atom is 0.259 e. The number of aryl methyl sites for hydroxylation is 1. The number of nitrogens with one attached hydrogen (secondary N) is 1. The highest BCUT2D eigenvalue weighted by atomic mass is 16.2. The Balaban J connectivity index is 1.53. The van der Waals surface area contributed by atoms with Gasteiger partial charge in [-0.1, -0.05) is 54.1 Å². The van der Waals surface area contributed by atoms with E-state index in [9.17, 15) is 9.59 Å². The highest BCUT2D eigenvalue weighted by Gasteiger charge is 2.31. The predicted octanol–water partition coefficient (Wildman–Crippen LogP) is 3.99. The van der Waals surface area contributed by atoms with Crippen molar-refractivity contribution in [2.75, 3.05) is 11.4 Å². The topological polar surface area (TPSA) is 49.4 Å². The average molecular weight is 344 g/mol. The molecule has 0 aromatic heterocycles. The van der Waals surface area contributed by atoms with Crippen LogP contribution in [0.2, 0.25) is 0 Å². The molecule has 0 bridgehead atoms. The molecule has 130 valence electrons. The number of anilines is 1. The SMILES string of the molecule is Cc1ccc([C@H](C)NC(=O)CN2C(=O)c3cccc4cccc2c34)cc1. The largest absolute Gasteiger partial charge is 0.348 e. The van der Waals surface area contributed by atoms with Crippen molar-refractivity contribution in [2.45, 2.75) is 19.9 Å². The number of amides is 2. The zero-order valence-corrected chi connectivity index (χ0v) is 14.8.